The number of hydrogen-bond acceptors (Lipinski definition) is 3. The first kappa shape index (κ1) is 8.92. The Hall–Kier alpha value is -1.35. The quantitative estimate of drug-likeness (QED) is 0.791. The van der Waals surface area contributed by atoms with Crippen LogP contribution in [0.1, 0.15) is 0 Å². The summed E-state index contributed by atoms with van der Waals surface area (Å²) in [6.07, 6.45) is 0. The van der Waals surface area contributed by atoms with Crippen molar-refractivity contribution in [1.82, 2.24) is 0 Å². The molecule has 0 saturated carbocycles. The minimum atomic E-state index is 0.920. The third-order valence-corrected chi connectivity index (χ3v) is 3.68. The Morgan fingerprint density at radius 3 is 3.00 bits per heavy atom. The maximum absolute atomic E-state index is 5.25. The highest BCUT2D eigenvalue weighted by Gasteiger charge is 2.13. The molecular formula is C12H11NOS. The summed E-state index contributed by atoms with van der Waals surface area (Å²) in [5.41, 5.74) is 1.24. The molecule has 3 heteroatoms. The zero-order valence-corrected chi connectivity index (χ0v) is 9.23. The van der Waals surface area contributed by atoms with Crippen LogP contribution in [0.5, 0.6) is 5.75 Å². The molecule has 0 aliphatic carbocycles. The van der Waals surface area contributed by atoms with Gasteiger partial charge in [0.05, 0.1) is 13.0 Å². The van der Waals surface area contributed by atoms with Crippen molar-refractivity contribution in [3.63, 3.8) is 0 Å². The second-order valence-electron chi connectivity index (χ2n) is 3.49. The summed E-state index contributed by atoms with van der Waals surface area (Å²) < 4.78 is 5.25. The third-order valence-electron chi connectivity index (χ3n) is 2.66. The Balaban J connectivity index is 2.32. The number of benzene rings is 2. The van der Waals surface area contributed by atoms with Crippen molar-refractivity contribution < 1.29 is 4.74 Å². The van der Waals surface area contributed by atoms with Gasteiger partial charge in [0, 0.05) is 16.0 Å². The summed E-state index contributed by atoms with van der Waals surface area (Å²) in [5.74, 6) is 1.88. The maximum Gasteiger partial charge on any atom is 0.119 e. The van der Waals surface area contributed by atoms with Crippen LogP contribution in [0.15, 0.2) is 35.2 Å². The van der Waals surface area contributed by atoms with Gasteiger partial charge in [-0.25, -0.2) is 0 Å². The lowest BCUT2D eigenvalue weighted by Gasteiger charge is -2.06. The highest BCUT2D eigenvalue weighted by molar-refractivity contribution is 8.00. The number of nitrogens with one attached hydrogen (secondary N) is 1. The molecule has 2 aromatic rings. The summed E-state index contributed by atoms with van der Waals surface area (Å²) >= 11 is 1.85. The number of fused-ring (bicyclic) bond motifs is 3. The van der Waals surface area contributed by atoms with Crippen molar-refractivity contribution in [2.24, 2.45) is 0 Å². The topological polar surface area (TPSA) is 21.3 Å². The predicted octanol–water partition coefficient (Wildman–Crippen LogP) is 3.32. The third kappa shape index (κ3) is 1.35. The molecule has 0 saturated heterocycles. The smallest absolute Gasteiger partial charge is 0.119 e. The van der Waals surface area contributed by atoms with Crippen LogP contribution in [-0.4, -0.2) is 13.0 Å². The Morgan fingerprint density at radius 2 is 2.13 bits per heavy atom. The normalized spacial score (nSPS) is 13.7. The van der Waals surface area contributed by atoms with Gasteiger partial charge in [-0.05, 0) is 23.6 Å². The van der Waals surface area contributed by atoms with Gasteiger partial charge in [-0.15, -0.1) is 11.8 Å². The lowest BCUT2D eigenvalue weighted by Crippen LogP contribution is -1.88. The first-order chi connectivity index (χ1) is 7.38. The van der Waals surface area contributed by atoms with Crippen molar-refractivity contribution in [2.75, 3.05) is 18.3 Å². The molecule has 1 N–H and O–H groups in total. The number of methoxy groups -OCH3 is 1. The molecule has 76 valence electrons. The van der Waals surface area contributed by atoms with E-state index in [1.165, 1.54) is 21.4 Å². The molecule has 1 heterocycles. The Morgan fingerprint density at radius 1 is 1.27 bits per heavy atom. The molecule has 0 atom stereocenters. The van der Waals surface area contributed by atoms with Crippen LogP contribution in [0.3, 0.4) is 0 Å². The fraction of sp³-hybridized carbons (Fsp3) is 0.167. The average Bonchev–Trinajstić information content (AvgIpc) is 2.76. The van der Waals surface area contributed by atoms with E-state index in [4.69, 9.17) is 4.74 Å². The van der Waals surface area contributed by atoms with Gasteiger partial charge in [0.25, 0.3) is 0 Å². The van der Waals surface area contributed by atoms with E-state index >= 15 is 0 Å². The van der Waals surface area contributed by atoms with E-state index in [0.717, 1.165) is 11.6 Å². The fourth-order valence-corrected chi connectivity index (χ4v) is 2.88. The maximum atomic E-state index is 5.25. The average molecular weight is 217 g/mol. The monoisotopic (exact) mass is 217 g/mol. The molecule has 15 heavy (non-hydrogen) atoms. The van der Waals surface area contributed by atoms with Gasteiger partial charge in [-0.1, -0.05) is 12.1 Å². The van der Waals surface area contributed by atoms with Gasteiger partial charge in [-0.3, -0.25) is 0 Å². The molecule has 3 rings (SSSR count). The SMILES string of the molecule is COc1ccc2ccc3c(c2c1)SCN3. The second kappa shape index (κ2) is 3.35. The van der Waals surface area contributed by atoms with E-state index in [2.05, 4.69) is 29.6 Å². The number of hydrogen-bond donors (Lipinski definition) is 1. The van der Waals surface area contributed by atoms with Crippen molar-refractivity contribution in [3.05, 3.63) is 30.3 Å². The highest BCUT2D eigenvalue weighted by Crippen LogP contribution is 2.40. The van der Waals surface area contributed by atoms with Crippen LogP contribution < -0.4 is 10.1 Å². The van der Waals surface area contributed by atoms with Crippen molar-refractivity contribution in [3.8, 4) is 5.75 Å². The van der Waals surface area contributed by atoms with Gasteiger partial charge in [0.2, 0.25) is 0 Å². The highest BCUT2D eigenvalue weighted by atomic mass is 32.2. The van der Waals surface area contributed by atoms with Crippen LogP contribution in [-0.2, 0) is 0 Å². The van der Waals surface area contributed by atoms with Crippen LogP contribution in [0.2, 0.25) is 0 Å². The molecule has 0 bridgehead atoms. The molecule has 0 radical (unpaired) electrons. The summed E-state index contributed by atoms with van der Waals surface area (Å²) in [6.45, 7) is 0. The fourth-order valence-electron chi connectivity index (χ4n) is 1.88. The number of thioether (sulfide) groups is 1. The number of rotatable bonds is 1. The number of anilines is 1. The minimum Gasteiger partial charge on any atom is -0.497 e. The van der Waals surface area contributed by atoms with E-state index in [-0.39, 0.29) is 0 Å². The molecule has 0 fully saturated rings. The summed E-state index contributed by atoms with van der Waals surface area (Å²) in [4.78, 5) is 1.34. The van der Waals surface area contributed by atoms with Gasteiger partial charge >= 0.3 is 0 Å². The van der Waals surface area contributed by atoms with Crippen molar-refractivity contribution in [2.45, 2.75) is 4.90 Å². The number of ether oxygens (including phenoxy) is 1. The van der Waals surface area contributed by atoms with E-state index in [1.807, 2.05) is 17.8 Å². The molecular weight excluding hydrogens is 206 g/mol. The first-order valence-corrected chi connectivity index (χ1v) is 5.84. The lowest BCUT2D eigenvalue weighted by molar-refractivity contribution is 0.415. The van der Waals surface area contributed by atoms with Crippen molar-refractivity contribution >= 4 is 28.2 Å². The van der Waals surface area contributed by atoms with Crippen LogP contribution >= 0.6 is 11.8 Å². The van der Waals surface area contributed by atoms with Crippen LogP contribution in [0.25, 0.3) is 10.8 Å². The molecule has 1 aliphatic rings. The largest absolute Gasteiger partial charge is 0.497 e. The lowest BCUT2D eigenvalue weighted by atomic mass is 10.1. The van der Waals surface area contributed by atoms with Gasteiger partial charge in [-0.2, -0.15) is 0 Å². The van der Waals surface area contributed by atoms with E-state index in [9.17, 15) is 0 Å². The molecule has 0 amide bonds. The van der Waals surface area contributed by atoms with E-state index in [1.54, 1.807) is 7.11 Å². The molecule has 1 aliphatic heterocycles. The van der Waals surface area contributed by atoms with Gasteiger partial charge < -0.3 is 10.1 Å². The van der Waals surface area contributed by atoms with Crippen LogP contribution in [0.4, 0.5) is 5.69 Å². The Bertz CT molecular complexity index is 524. The summed E-state index contributed by atoms with van der Waals surface area (Å²) in [5, 5.41) is 5.90. The second-order valence-corrected chi connectivity index (χ2v) is 4.48. The predicted molar refractivity (Wildman–Crippen MR) is 64.8 cm³/mol. The molecule has 2 nitrogen and oxygen atoms in total. The Labute approximate surface area is 92.6 Å². The summed E-state index contributed by atoms with van der Waals surface area (Å²) in [7, 11) is 1.70. The first-order valence-electron chi connectivity index (χ1n) is 4.86. The molecule has 0 aromatic heterocycles. The van der Waals surface area contributed by atoms with Gasteiger partial charge in [0.1, 0.15) is 5.75 Å². The zero-order chi connectivity index (χ0) is 10.3. The Kier molecular flexibility index (Phi) is 1.99. The summed E-state index contributed by atoms with van der Waals surface area (Å²) in [6, 6.07) is 10.5. The van der Waals surface area contributed by atoms with E-state index in [0.29, 0.717) is 0 Å². The molecule has 0 spiro atoms. The van der Waals surface area contributed by atoms with Crippen molar-refractivity contribution in [1.29, 1.82) is 0 Å². The van der Waals surface area contributed by atoms with Gasteiger partial charge in [0.15, 0.2) is 0 Å². The van der Waals surface area contributed by atoms with Crippen LogP contribution in [0, 0.1) is 0 Å². The minimum absolute atomic E-state index is 0.920. The molecule has 2 aromatic carbocycles. The standard InChI is InChI=1S/C12H11NOS/c1-14-9-4-2-8-3-5-11-12(10(8)6-9)15-7-13-11/h2-6,13H,7H2,1H3. The van der Waals surface area contributed by atoms with E-state index < -0.39 is 0 Å². The molecule has 0 unspecified atom stereocenters. The zero-order valence-electron chi connectivity index (χ0n) is 8.41.